The van der Waals surface area contributed by atoms with Gasteiger partial charge >= 0.3 is 18.1 Å². The van der Waals surface area contributed by atoms with Crippen LogP contribution in [-0.2, 0) is 29.1 Å². The first-order chi connectivity index (χ1) is 18.2. The Morgan fingerprint density at radius 3 is 2.45 bits per heavy atom. The smallest absolute Gasteiger partial charge is 0.489 e. The Morgan fingerprint density at radius 2 is 1.76 bits per heavy atom. The van der Waals surface area contributed by atoms with Crippen molar-refractivity contribution in [3.63, 3.8) is 0 Å². The second-order valence-electron chi connectivity index (χ2n) is 8.47. The number of carbonyl (C=O) groups excluding carboxylic acids is 2. The number of ether oxygens (including phenoxy) is 2. The van der Waals surface area contributed by atoms with E-state index in [1.54, 1.807) is 18.2 Å². The zero-order valence-electron chi connectivity index (χ0n) is 20.0. The number of aromatic nitrogens is 1. The molecule has 194 valence electrons. The number of fused-ring (bicyclic) bond motifs is 1. The van der Waals surface area contributed by atoms with Crippen LogP contribution in [0.5, 0.6) is 5.75 Å². The lowest BCUT2D eigenvalue weighted by molar-refractivity contribution is -0.193. The van der Waals surface area contributed by atoms with Crippen molar-refractivity contribution in [1.29, 1.82) is 5.26 Å². The van der Waals surface area contributed by atoms with E-state index in [-0.39, 0.29) is 5.56 Å². The van der Waals surface area contributed by atoms with Crippen molar-refractivity contribution in [3.05, 3.63) is 101 Å². The van der Waals surface area contributed by atoms with E-state index in [2.05, 4.69) is 10.8 Å². The number of esters is 2. The highest BCUT2D eigenvalue weighted by Crippen LogP contribution is 2.28. The summed E-state index contributed by atoms with van der Waals surface area (Å²) in [5.41, 5.74) is 9.61. The number of nitrogens with zero attached hydrogens (tertiary/aromatic N) is 2. The molecule has 0 saturated heterocycles. The quantitative estimate of drug-likeness (QED) is 0.261. The molecule has 4 rings (SSSR count). The second-order valence-corrected chi connectivity index (χ2v) is 8.47. The maximum absolute atomic E-state index is 12.4. The number of rotatable bonds is 8. The third-order valence-corrected chi connectivity index (χ3v) is 5.77. The van der Waals surface area contributed by atoms with Crippen LogP contribution in [-0.4, -0.2) is 29.2 Å². The molecule has 1 aromatic heterocycles. The molecule has 0 fully saturated rings. The van der Waals surface area contributed by atoms with Crippen molar-refractivity contribution in [2.75, 3.05) is 6.54 Å². The van der Waals surface area contributed by atoms with E-state index < -0.39 is 18.1 Å². The van der Waals surface area contributed by atoms with Crippen LogP contribution >= 0.6 is 0 Å². The summed E-state index contributed by atoms with van der Waals surface area (Å²) in [5.74, 6) is -3.29. The highest BCUT2D eigenvalue weighted by molar-refractivity contribution is 5.98. The maximum atomic E-state index is 12.4. The molecule has 38 heavy (non-hydrogen) atoms. The molecule has 0 radical (unpaired) electrons. The minimum absolute atomic E-state index is 0.169. The molecule has 7 nitrogen and oxygen atoms in total. The zero-order valence-corrected chi connectivity index (χ0v) is 20.0. The van der Waals surface area contributed by atoms with Crippen molar-refractivity contribution in [2.24, 2.45) is 5.73 Å². The van der Waals surface area contributed by atoms with Crippen LogP contribution in [0.1, 0.15) is 32.6 Å². The average Bonchev–Trinajstić information content (AvgIpc) is 3.23. The van der Waals surface area contributed by atoms with Crippen LogP contribution in [0.25, 0.3) is 10.9 Å². The van der Waals surface area contributed by atoms with Gasteiger partial charge in [0.05, 0.1) is 17.2 Å². The summed E-state index contributed by atoms with van der Waals surface area (Å²) in [6, 6.07) is 20.7. The second kappa shape index (κ2) is 11.2. The van der Waals surface area contributed by atoms with Crippen LogP contribution < -0.4 is 10.5 Å². The molecule has 0 aliphatic carbocycles. The van der Waals surface area contributed by atoms with Crippen LogP contribution in [0, 0.1) is 11.3 Å². The normalized spacial score (nSPS) is 11.2. The Labute approximate surface area is 215 Å². The van der Waals surface area contributed by atoms with Crippen LogP contribution in [0.2, 0.25) is 0 Å². The van der Waals surface area contributed by atoms with Gasteiger partial charge in [-0.1, -0.05) is 24.3 Å². The van der Waals surface area contributed by atoms with E-state index in [0.29, 0.717) is 43.0 Å². The molecule has 2 N–H and O–H groups in total. The van der Waals surface area contributed by atoms with E-state index in [1.807, 2.05) is 41.1 Å². The third-order valence-electron chi connectivity index (χ3n) is 5.77. The van der Waals surface area contributed by atoms with Crippen molar-refractivity contribution < 1.29 is 32.2 Å². The fraction of sp³-hybridized carbons (Fsp3) is 0.179. The largest absolute Gasteiger partial charge is 0.491 e. The van der Waals surface area contributed by atoms with Crippen molar-refractivity contribution in [3.8, 4) is 11.8 Å². The fourth-order valence-corrected chi connectivity index (χ4v) is 3.96. The van der Waals surface area contributed by atoms with E-state index in [0.717, 1.165) is 22.0 Å². The Balaban J connectivity index is 1.54. The summed E-state index contributed by atoms with van der Waals surface area (Å²) in [6.45, 7) is 1.05. The Kier molecular flexibility index (Phi) is 7.79. The van der Waals surface area contributed by atoms with Gasteiger partial charge in [0.2, 0.25) is 0 Å². The van der Waals surface area contributed by atoms with E-state index in [9.17, 15) is 22.8 Å². The van der Waals surface area contributed by atoms with E-state index >= 15 is 0 Å². The minimum atomic E-state index is -5.26. The van der Waals surface area contributed by atoms with Crippen molar-refractivity contribution in [1.82, 2.24) is 4.57 Å². The van der Waals surface area contributed by atoms with Crippen LogP contribution in [0.4, 0.5) is 13.2 Å². The monoisotopic (exact) mass is 521 g/mol. The zero-order chi connectivity index (χ0) is 27.3. The molecule has 10 heteroatoms. The average molecular weight is 521 g/mol. The van der Waals surface area contributed by atoms with E-state index in [1.165, 1.54) is 18.2 Å². The van der Waals surface area contributed by atoms with Gasteiger partial charge in [-0.2, -0.15) is 18.4 Å². The molecule has 0 unspecified atom stereocenters. The maximum Gasteiger partial charge on any atom is 0.491 e. The standard InChI is InChI=1S/C28H22F3N3O4/c29-28(30,31)27(36)38-26(35)21-3-1-2-20(12-21)15-34-16-22(10-11-32)24-13-23(8-9-25(24)34)37-17-19-6-4-18(14-33)5-7-19/h1-9,12-13,16H,10-11,15,17,32H2. The number of hydrogen-bond acceptors (Lipinski definition) is 6. The third kappa shape index (κ3) is 6.19. The molecular formula is C28H22F3N3O4. The molecule has 4 aromatic rings. The summed E-state index contributed by atoms with van der Waals surface area (Å²) >= 11 is 0. The number of benzene rings is 3. The van der Waals surface area contributed by atoms with Gasteiger partial charge in [-0.05, 0) is 72.1 Å². The summed E-state index contributed by atoms with van der Waals surface area (Å²) < 4.78 is 49.1. The Morgan fingerprint density at radius 1 is 1.00 bits per heavy atom. The number of nitriles is 1. The molecule has 0 amide bonds. The summed E-state index contributed by atoms with van der Waals surface area (Å²) in [6.07, 6.45) is -2.73. The van der Waals surface area contributed by atoms with Gasteiger partial charge in [-0.15, -0.1) is 0 Å². The van der Waals surface area contributed by atoms with Crippen molar-refractivity contribution in [2.45, 2.75) is 25.7 Å². The molecule has 0 saturated carbocycles. The van der Waals surface area contributed by atoms with Gasteiger partial charge in [-0.3, -0.25) is 0 Å². The summed E-state index contributed by atoms with van der Waals surface area (Å²) in [7, 11) is 0. The predicted molar refractivity (Wildman–Crippen MR) is 132 cm³/mol. The molecule has 0 aliphatic rings. The van der Waals surface area contributed by atoms with Gasteiger partial charge in [0.15, 0.2) is 0 Å². The SMILES string of the molecule is N#Cc1ccc(COc2ccc3c(c2)c(CCN)cn3Cc2cccc(C(=O)OC(=O)C(F)(F)F)c2)cc1. The lowest BCUT2D eigenvalue weighted by atomic mass is 10.1. The van der Waals surface area contributed by atoms with Gasteiger partial charge < -0.3 is 19.8 Å². The first-order valence-electron chi connectivity index (χ1n) is 11.5. The molecule has 0 spiro atoms. The minimum Gasteiger partial charge on any atom is -0.489 e. The number of carbonyl (C=O) groups is 2. The Hall–Kier alpha value is -4.62. The fourth-order valence-electron chi connectivity index (χ4n) is 3.96. The first kappa shape index (κ1) is 26.4. The lowest BCUT2D eigenvalue weighted by Crippen LogP contribution is -2.28. The molecule has 0 bridgehead atoms. The summed E-state index contributed by atoms with van der Waals surface area (Å²) in [4.78, 5) is 23.1. The Bertz CT molecular complexity index is 1520. The van der Waals surface area contributed by atoms with Crippen molar-refractivity contribution >= 4 is 22.8 Å². The highest BCUT2D eigenvalue weighted by atomic mass is 19.4. The molecule has 0 atom stereocenters. The van der Waals surface area contributed by atoms with Gasteiger partial charge in [-0.25, -0.2) is 9.59 Å². The van der Waals surface area contributed by atoms with Gasteiger partial charge in [0, 0.05) is 23.6 Å². The molecule has 0 aliphatic heterocycles. The number of nitrogens with two attached hydrogens (primary N) is 1. The molecule has 1 heterocycles. The predicted octanol–water partition coefficient (Wildman–Crippen LogP) is 4.89. The first-order valence-corrected chi connectivity index (χ1v) is 11.5. The van der Waals surface area contributed by atoms with E-state index in [4.69, 9.17) is 15.7 Å². The lowest BCUT2D eigenvalue weighted by Gasteiger charge is -2.10. The molecule has 3 aromatic carbocycles. The summed E-state index contributed by atoms with van der Waals surface area (Å²) in [5, 5.41) is 9.86. The van der Waals surface area contributed by atoms with Crippen LogP contribution in [0.3, 0.4) is 0 Å². The van der Waals surface area contributed by atoms with Gasteiger partial charge in [0.1, 0.15) is 12.4 Å². The molecular weight excluding hydrogens is 499 g/mol. The topological polar surface area (TPSA) is 107 Å². The van der Waals surface area contributed by atoms with Crippen LogP contribution in [0.15, 0.2) is 72.9 Å². The highest BCUT2D eigenvalue weighted by Gasteiger charge is 2.42. The number of hydrogen-bond donors (Lipinski definition) is 1. The number of alkyl halides is 3. The van der Waals surface area contributed by atoms with Gasteiger partial charge in [0.25, 0.3) is 0 Å². The number of halogens is 3.